The van der Waals surface area contributed by atoms with E-state index in [2.05, 4.69) is 20.6 Å². The van der Waals surface area contributed by atoms with Crippen molar-refractivity contribution in [3.8, 4) is 0 Å². The van der Waals surface area contributed by atoms with Crippen molar-refractivity contribution in [2.75, 3.05) is 5.32 Å². The van der Waals surface area contributed by atoms with Crippen LogP contribution in [0.4, 0.5) is 5.95 Å². The fourth-order valence-electron chi connectivity index (χ4n) is 2.52. The van der Waals surface area contributed by atoms with Gasteiger partial charge < -0.3 is 10.6 Å². The summed E-state index contributed by atoms with van der Waals surface area (Å²) in [6, 6.07) is 19.8. The molecular weight excluding hydrogens is 324 g/mol. The largest absolute Gasteiger partial charge is 0.350 e. The van der Waals surface area contributed by atoms with Gasteiger partial charge in [0.15, 0.2) is 0 Å². The van der Waals surface area contributed by atoms with E-state index in [4.69, 9.17) is 0 Å². The van der Waals surface area contributed by atoms with Gasteiger partial charge in [-0.3, -0.25) is 4.79 Å². The molecule has 0 aliphatic heterocycles. The highest BCUT2D eigenvalue weighted by molar-refractivity contribution is 5.92. The molecule has 0 radical (unpaired) electrons. The van der Waals surface area contributed by atoms with E-state index in [1.54, 1.807) is 6.07 Å². The molecule has 0 fully saturated rings. The van der Waals surface area contributed by atoms with Crippen LogP contribution in [0.25, 0.3) is 0 Å². The Bertz CT molecular complexity index is 876. The van der Waals surface area contributed by atoms with Crippen LogP contribution in [0.1, 0.15) is 32.9 Å². The van der Waals surface area contributed by atoms with E-state index in [1.807, 2.05) is 68.4 Å². The molecule has 2 aromatic carbocycles. The van der Waals surface area contributed by atoms with Crippen molar-refractivity contribution in [3.63, 3.8) is 0 Å². The van der Waals surface area contributed by atoms with Gasteiger partial charge in [0.1, 0.15) is 5.69 Å². The molecule has 1 heterocycles. The molecule has 0 aliphatic rings. The molecule has 2 N–H and O–H groups in total. The number of rotatable bonds is 6. The van der Waals surface area contributed by atoms with Crippen molar-refractivity contribution < 1.29 is 4.79 Å². The van der Waals surface area contributed by atoms with E-state index in [9.17, 15) is 4.79 Å². The number of nitrogens with zero attached hydrogens (tertiary/aromatic N) is 2. The predicted molar refractivity (Wildman–Crippen MR) is 103 cm³/mol. The first kappa shape index (κ1) is 17.6. The van der Waals surface area contributed by atoms with E-state index < -0.39 is 0 Å². The second kappa shape index (κ2) is 8.25. The van der Waals surface area contributed by atoms with Crippen LogP contribution in [0.2, 0.25) is 0 Å². The van der Waals surface area contributed by atoms with Crippen LogP contribution in [0.3, 0.4) is 0 Å². The van der Waals surface area contributed by atoms with E-state index >= 15 is 0 Å². The Kier molecular flexibility index (Phi) is 5.59. The molecule has 0 bridgehead atoms. The highest BCUT2D eigenvalue weighted by Gasteiger charge is 2.10. The minimum Gasteiger partial charge on any atom is -0.350 e. The number of carbonyl (C=O) groups is 1. The molecule has 0 unspecified atom stereocenters. The lowest BCUT2D eigenvalue weighted by molar-refractivity contribution is 0.0945. The van der Waals surface area contributed by atoms with Gasteiger partial charge in [0, 0.05) is 18.8 Å². The number of hydrogen-bond donors (Lipinski definition) is 2. The summed E-state index contributed by atoms with van der Waals surface area (Å²) in [4.78, 5) is 21.1. The molecule has 0 saturated carbocycles. The molecule has 0 aliphatic carbocycles. The molecule has 1 amide bonds. The average Bonchev–Trinajstić information content (AvgIpc) is 2.66. The van der Waals surface area contributed by atoms with Crippen LogP contribution in [0.15, 0.2) is 60.7 Å². The maximum atomic E-state index is 12.4. The van der Waals surface area contributed by atoms with Gasteiger partial charge in [-0.1, -0.05) is 60.2 Å². The molecule has 26 heavy (non-hydrogen) atoms. The molecule has 5 heteroatoms. The lowest BCUT2D eigenvalue weighted by Gasteiger charge is -2.09. The number of aryl methyl sites for hydroxylation is 2. The highest BCUT2D eigenvalue weighted by Crippen LogP contribution is 2.08. The monoisotopic (exact) mass is 346 g/mol. The maximum absolute atomic E-state index is 12.4. The summed E-state index contributed by atoms with van der Waals surface area (Å²) in [5, 5.41) is 6.08. The standard InChI is InChI=1S/C21H22N4O/c1-15-8-10-18(11-9-15)13-22-20(26)19-12-16(2)24-21(25-19)23-14-17-6-4-3-5-7-17/h3-12H,13-14H2,1-2H3,(H,22,26)(H,23,24,25). The molecule has 3 rings (SSSR count). The fraction of sp³-hybridized carbons (Fsp3) is 0.190. The maximum Gasteiger partial charge on any atom is 0.270 e. The SMILES string of the molecule is Cc1ccc(CNC(=O)c2cc(C)nc(NCc3ccccc3)n2)cc1. The van der Waals surface area contributed by atoms with Crippen LogP contribution < -0.4 is 10.6 Å². The molecule has 1 aromatic heterocycles. The van der Waals surface area contributed by atoms with Gasteiger partial charge in [0.2, 0.25) is 5.95 Å². The summed E-state index contributed by atoms with van der Waals surface area (Å²) in [6.07, 6.45) is 0. The van der Waals surface area contributed by atoms with Gasteiger partial charge in [0.05, 0.1) is 0 Å². The molecule has 3 aromatic rings. The van der Waals surface area contributed by atoms with Gasteiger partial charge in [-0.05, 0) is 31.0 Å². The minimum absolute atomic E-state index is 0.209. The van der Waals surface area contributed by atoms with Crippen LogP contribution in [0, 0.1) is 13.8 Å². The highest BCUT2D eigenvalue weighted by atomic mass is 16.1. The van der Waals surface area contributed by atoms with Gasteiger partial charge in [-0.25, -0.2) is 9.97 Å². The topological polar surface area (TPSA) is 66.9 Å². The Balaban J connectivity index is 1.64. The number of benzene rings is 2. The number of anilines is 1. The van der Waals surface area contributed by atoms with Crippen LogP contribution in [-0.2, 0) is 13.1 Å². The molecular formula is C21H22N4O. The number of hydrogen-bond acceptors (Lipinski definition) is 4. The summed E-state index contributed by atoms with van der Waals surface area (Å²) in [7, 11) is 0. The first-order valence-electron chi connectivity index (χ1n) is 8.57. The number of aromatic nitrogens is 2. The Morgan fingerprint density at radius 3 is 2.31 bits per heavy atom. The third-order valence-electron chi connectivity index (χ3n) is 3.95. The van der Waals surface area contributed by atoms with E-state index in [0.29, 0.717) is 24.7 Å². The molecule has 0 saturated heterocycles. The van der Waals surface area contributed by atoms with E-state index in [1.165, 1.54) is 5.56 Å². The zero-order chi connectivity index (χ0) is 18.4. The lowest BCUT2D eigenvalue weighted by atomic mass is 10.1. The van der Waals surface area contributed by atoms with Crippen LogP contribution in [-0.4, -0.2) is 15.9 Å². The summed E-state index contributed by atoms with van der Waals surface area (Å²) in [5.74, 6) is 0.244. The van der Waals surface area contributed by atoms with Crippen molar-refractivity contribution in [2.24, 2.45) is 0 Å². The van der Waals surface area contributed by atoms with E-state index in [0.717, 1.165) is 16.8 Å². The summed E-state index contributed by atoms with van der Waals surface area (Å²) < 4.78 is 0. The van der Waals surface area contributed by atoms with Crippen molar-refractivity contribution in [1.82, 2.24) is 15.3 Å². The van der Waals surface area contributed by atoms with Crippen LogP contribution >= 0.6 is 0 Å². The van der Waals surface area contributed by atoms with Gasteiger partial charge in [-0.2, -0.15) is 0 Å². The second-order valence-electron chi connectivity index (χ2n) is 6.23. The molecule has 0 atom stereocenters. The predicted octanol–water partition coefficient (Wildman–Crippen LogP) is 3.64. The number of carbonyl (C=O) groups excluding carboxylic acids is 1. The Hall–Kier alpha value is -3.21. The smallest absolute Gasteiger partial charge is 0.270 e. The molecule has 0 spiro atoms. The molecule has 132 valence electrons. The normalized spacial score (nSPS) is 10.4. The quantitative estimate of drug-likeness (QED) is 0.715. The fourth-order valence-corrected chi connectivity index (χ4v) is 2.52. The van der Waals surface area contributed by atoms with Crippen LogP contribution in [0.5, 0.6) is 0 Å². The van der Waals surface area contributed by atoms with Crippen molar-refractivity contribution in [1.29, 1.82) is 0 Å². The zero-order valence-corrected chi connectivity index (χ0v) is 15.0. The summed E-state index contributed by atoms with van der Waals surface area (Å²) >= 11 is 0. The van der Waals surface area contributed by atoms with E-state index in [-0.39, 0.29) is 5.91 Å². The number of nitrogens with one attached hydrogen (secondary N) is 2. The number of amides is 1. The first-order valence-corrected chi connectivity index (χ1v) is 8.57. The summed E-state index contributed by atoms with van der Waals surface area (Å²) in [5.41, 5.74) is 4.48. The van der Waals surface area contributed by atoms with Gasteiger partial charge in [0.25, 0.3) is 5.91 Å². The van der Waals surface area contributed by atoms with Crippen molar-refractivity contribution in [3.05, 3.63) is 88.7 Å². The molecule has 5 nitrogen and oxygen atoms in total. The van der Waals surface area contributed by atoms with Crippen molar-refractivity contribution >= 4 is 11.9 Å². The van der Waals surface area contributed by atoms with Gasteiger partial charge >= 0.3 is 0 Å². The second-order valence-corrected chi connectivity index (χ2v) is 6.23. The minimum atomic E-state index is -0.209. The average molecular weight is 346 g/mol. The zero-order valence-electron chi connectivity index (χ0n) is 15.0. The Morgan fingerprint density at radius 2 is 1.58 bits per heavy atom. The lowest BCUT2D eigenvalue weighted by Crippen LogP contribution is -2.24. The first-order chi connectivity index (χ1) is 12.6. The third kappa shape index (κ3) is 4.89. The Morgan fingerprint density at radius 1 is 0.885 bits per heavy atom. The van der Waals surface area contributed by atoms with Crippen molar-refractivity contribution in [2.45, 2.75) is 26.9 Å². The van der Waals surface area contributed by atoms with Gasteiger partial charge in [-0.15, -0.1) is 0 Å². The Labute approximate surface area is 153 Å². The third-order valence-corrected chi connectivity index (χ3v) is 3.95. The summed E-state index contributed by atoms with van der Waals surface area (Å²) in [6.45, 7) is 4.96.